The molecule has 0 aliphatic carbocycles. The van der Waals surface area contributed by atoms with Crippen LogP contribution in [0.1, 0.15) is 24.2 Å². The van der Waals surface area contributed by atoms with E-state index >= 15 is 0 Å². The average Bonchev–Trinajstić information content (AvgIpc) is 3.09. The standard InChI is InChI=1S/C18H25N5OS/c1-22(2)17(24)19-13-15-8-10-23(11-9-15)18-20-16(21-25-18)12-14-6-4-3-5-7-14/h3-7,15H,8-13H2,1-2H3,(H,19,24). The summed E-state index contributed by atoms with van der Waals surface area (Å²) in [5.74, 6) is 1.43. The minimum absolute atomic E-state index is 0.0166. The highest BCUT2D eigenvalue weighted by atomic mass is 32.1. The number of aromatic nitrogens is 2. The van der Waals surface area contributed by atoms with E-state index in [4.69, 9.17) is 4.98 Å². The highest BCUT2D eigenvalue weighted by Crippen LogP contribution is 2.25. The van der Waals surface area contributed by atoms with Crippen LogP contribution in [0.25, 0.3) is 0 Å². The Morgan fingerprint density at radius 1 is 1.28 bits per heavy atom. The molecule has 3 rings (SSSR count). The SMILES string of the molecule is CN(C)C(=O)NCC1CCN(c2nc(Cc3ccccc3)ns2)CC1. The van der Waals surface area contributed by atoms with Crippen LogP contribution in [0.2, 0.25) is 0 Å². The van der Waals surface area contributed by atoms with E-state index in [0.29, 0.717) is 5.92 Å². The minimum atomic E-state index is -0.0166. The fourth-order valence-electron chi connectivity index (χ4n) is 2.94. The maximum atomic E-state index is 11.6. The molecule has 1 fully saturated rings. The van der Waals surface area contributed by atoms with Gasteiger partial charge in [0.15, 0.2) is 0 Å². The quantitative estimate of drug-likeness (QED) is 0.891. The number of hydrogen-bond acceptors (Lipinski definition) is 5. The number of carbonyl (C=O) groups excluding carboxylic acids is 1. The lowest BCUT2D eigenvalue weighted by atomic mass is 9.97. The summed E-state index contributed by atoms with van der Waals surface area (Å²) in [6.45, 7) is 2.70. The van der Waals surface area contributed by atoms with Crippen molar-refractivity contribution in [3.8, 4) is 0 Å². The Morgan fingerprint density at radius 3 is 2.68 bits per heavy atom. The Hall–Kier alpha value is -2.15. The molecule has 0 unspecified atom stereocenters. The molecule has 1 saturated heterocycles. The van der Waals surface area contributed by atoms with Gasteiger partial charge in [-0.05, 0) is 24.3 Å². The molecule has 0 spiro atoms. The van der Waals surface area contributed by atoms with Gasteiger partial charge in [-0.3, -0.25) is 0 Å². The second-order valence-corrected chi connectivity index (χ2v) is 7.40. The number of hydrogen-bond donors (Lipinski definition) is 1. The summed E-state index contributed by atoms with van der Waals surface area (Å²) in [4.78, 5) is 20.2. The molecule has 0 bridgehead atoms. The lowest BCUT2D eigenvalue weighted by Crippen LogP contribution is -2.41. The number of urea groups is 1. The van der Waals surface area contributed by atoms with Crippen molar-refractivity contribution in [3.63, 3.8) is 0 Å². The monoisotopic (exact) mass is 359 g/mol. The lowest BCUT2D eigenvalue weighted by molar-refractivity contribution is 0.214. The van der Waals surface area contributed by atoms with E-state index in [1.807, 2.05) is 18.2 Å². The van der Waals surface area contributed by atoms with Crippen LogP contribution in [0.3, 0.4) is 0 Å². The van der Waals surface area contributed by atoms with Crippen LogP contribution in [0.4, 0.5) is 9.93 Å². The third kappa shape index (κ3) is 4.92. The Bertz CT molecular complexity index is 680. The Morgan fingerprint density at radius 2 is 2.00 bits per heavy atom. The van der Waals surface area contributed by atoms with Gasteiger partial charge in [0.25, 0.3) is 0 Å². The van der Waals surface area contributed by atoms with Gasteiger partial charge in [-0.15, -0.1) is 0 Å². The number of benzene rings is 1. The van der Waals surface area contributed by atoms with E-state index in [2.05, 4.69) is 26.7 Å². The summed E-state index contributed by atoms with van der Waals surface area (Å²) in [6, 6.07) is 10.3. The minimum Gasteiger partial charge on any atom is -0.347 e. The van der Waals surface area contributed by atoms with Crippen LogP contribution in [0.15, 0.2) is 30.3 Å². The van der Waals surface area contributed by atoms with Crippen molar-refractivity contribution in [2.75, 3.05) is 38.6 Å². The summed E-state index contributed by atoms with van der Waals surface area (Å²) in [5.41, 5.74) is 1.24. The molecule has 2 heterocycles. The van der Waals surface area contributed by atoms with E-state index in [-0.39, 0.29) is 6.03 Å². The van der Waals surface area contributed by atoms with Crippen molar-refractivity contribution < 1.29 is 4.79 Å². The normalized spacial score (nSPS) is 15.2. The zero-order chi connectivity index (χ0) is 17.6. The summed E-state index contributed by atoms with van der Waals surface area (Å²) in [7, 11) is 3.53. The molecule has 134 valence electrons. The second kappa shape index (κ2) is 8.29. The first kappa shape index (κ1) is 17.7. The largest absolute Gasteiger partial charge is 0.347 e. The molecule has 1 aliphatic rings. The molecular weight excluding hydrogens is 334 g/mol. The van der Waals surface area contributed by atoms with Crippen LogP contribution >= 0.6 is 11.5 Å². The number of nitrogens with zero attached hydrogens (tertiary/aromatic N) is 4. The van der Waals surface area contributed by atoms with Gasteiger partial charge < -0.3 is 15.1 Å². The second-order valence-electron chi connectivity index (χ2n) is 6.67. The zero-order valence-electron chi connectivity index (χ0n) is 14.8. The van der Waals surface area contributed by atoms with E-state index in [0.717, 1.165) is 49.9 Å². The Kier molecular flexibility index (Phi) is 5.86. The third-order valence-corrected chi connectivity index (χ3v) is 5.31. The molecule has 1 N–H and O–H groups in total. The topological polar surface area (TPSA) is 61.4 Å². The predicted octanol–water partition coefficient (Wildman–Crippen LogP) is 2.62. The maximum absolute atomic E-state index is 11.6. The van der Waals surface area contributed by atoms with E-state index in [9.17, 15) is 4.79 Å². The van der Waals surface area contributed by atoms with Gasteiger partial charge in [-0.25, -0.2) is 9.78 Å². The van der Waals surface area contributed by atoms with Gasteiger partial charge >= 0.3 is 6.03 Å². The zero-order valence-corrected chi connectivity index (χ0v) is 15.6. The number of carbonyl (C=O) groups is 1. The number of piperidine rings is 1. The molecule has 25 heavy (non-hydrogen) atoms. The van der Waals surface area contributed by atoms with Crippen molar-refractivity contribution in [3.05, 3.63) is 41.7 Å². The maximum Gasteiger partial charge on any atom is 0.316 e. The summed E-state index contributed by atoms with van der Waals surface area (Å²) >= 11 is 1.49. The van der Waals surface area contributed by atoms with Crippen molar-refractivity contribution >= 4 is 22.7 Å². The van der Waals surface area contributed by atoms with Crippen LogP contribution in [0, 0.1) is 5.92 Å². The first-order valence-electron chi connectivity index (χ1n) is 8.68. The Labute approximate surface area is 153 Å². The van der Waals surface area contributed by atoms with Crippen molar-refractivity contribution in [2.45, 2.75) is 19.3 Å². The Balaban J connectivity index is 1.48. The van der Waals surface area contributed by atoms with Crippen LogP contribution in [-0.2, 0) is 6.42 Å². The van der Waals surface area contributed by atoms with Gasteiger partial charge in [0.2, 0.25) is 5.13 Å². The highest BCUT2D eigenvalue weighted by molar-refractivity contribution is 7.09. The van der Waals surface area contributed by atoms with Crippen LogP contribution < -0.4 is 10.2 Å². The third-order valence-electron chi connectivity index (χ3n) is 4.50. The van der Waals surface area contributed by atoms with E-state index in [1.165, 1.54) is 17.1 Å². The molecule has 1 aromatic carbocycles. The van der Waals surface area contributed by atoms with Crippen LogP contribution in [0.5, 0.6) is 0 Å². The fraction of sp³-hybridized carbons (Fsp3) is 0.500. The van der Waals surface area contributed by atoms with E-state index in [1.54, 1.807) is 19.0 Å². The lowest BCUT2D eigenvalue weighted by Gasteiger charge is -2.31. The van der Waals surface area contributed by atoms with Gasteiger partial charge in [0, 0.05) is 51.7 Å². The molecule has 2 amide bonds. The summed E-state index contributed by atoms with van der Waals surface area (Å²) in [5, 5.41) is 4.00. The van der Waals surface area contributed by atoms with E-state index < -0.39 is 0 Å². The number of nitrogens with one attached hydrogen (secondary N) is 1. The molecule has 0 atom stereocenters. The fourth-order valence-corrected chi connectivity index (χ4v) is 3.68. The number of amides is 2. The molecule has 6 nitrogen and oxygen atoms in total. The molecular formula is C18H25N5OS. The summed E-state index contributed by atoms with van der Waals surface area (Å²) < 4.78 is 4.51. The number of rotatable bonds is 5. The molecule has 1 aliphatic heterocycles. The van der Waals surface area contributed by atoms with Gasteiger partial charge in [0.1, 0.15) is 5.82 Å². The van der Waals surface area contributed by atoms with Gasteiger partial charge in [-0.2, -0.15) is 4.37 Å². The smallest absolute Gasteiger partial charge is 0.316 e. The van der Waals surface area contributed by atoms with Gasteiger partial charge in [0.05, 0.1) is 0 Å². The van der Waals surface area contributed by atoms with Crippen molar-refractivity contribution in [1.29, 1.82) is 0 Å². The molecule has 2 aromatic rings. The number of anilines is 1. The van der Waals surface area contributed by atoms with Crippen molar-refractivity contribution in [2.24, 2.45) is 5.92 Å². The molecule has 0 saturated carbocycles. The first-order chi connectivity index (χ1) is 12.1. The first-order valence-corrected chi connectivity index (χ1v) is 9.46. The molecule has 7 heteroatoms. The highest BCUT2D eigenvalue weighted by Gasteiger charge is 2.22. The van der Waals surface area contributed by atoms with Gasteiger partial charge in [-0.1, -0.05) is 30.3 Å². The predicted molar refractivity (Wildman–Crippen MR) is 101 cm³/mol. The molecule has 1 aromatic heterocycles. The van der Waals surface area contributed by atoms with Crippen molar-refractivity contribution in [1.82, 2.24) is 19.6 Å². The average molecular weight is 359 g/mol. The summed E-state index contributed by atoms with van der Waals surface area (Å²) in [6.07, 6.45) is 2.92. The van der Waals surface area contributed by atoms with Crippen LogP contribution in [-0.4, -0.2) is 54.0 Å². The molecule has 0 radical (unpaired) electrons.